The first-order chi connectivity index (χ1) is 7.74. The number of hydrogen-bond acceptors (Lipinski definition) is 2. The Morgan fingerprint density at radius 2 is 2.00 bits per heavy atom. The van der Waals surface area contributed by atoms with Crippen LogP contribution < -0.4 is 4.90 Å². The van der Waals surface area contributed by atoms with Crippen molar-refractivity contribution in [3.8, 4) is 0 Å². The Hall–Kier alpha value is -0.760. The molecule has 0 saturated heterocycles. The summed E-state index contributed by atoms with van der Waals surface area (Å²) in [5.41, 5.74) is 2.29. The van der Waals surface area contributed by atoms with Crippen LogP contribution in [-0.4, -0.2) is 18.1 Å². The molecule has 2 nitrogen and oxygen atoms in total. The van der Waals surface area contributed by atoms with E-state index in [0.29, 0.717) is 5.88 Å². The topological polar surface area (TPSA) is 16.1 Å². The summed E-state index contributed by atoms with van der Waals surface area (Å²) in [6, 6.07) is 4.20. The van der Waals surface area contributed by atoms with Crippen LogP contribution >= 0.6 is 11.6 Å². The van der Waals surface area contributed by atoms with E-state index in [2.05, 4.69) is 42.8 Å². The lowest BCUT2D eigenvalue weighted by Gasteiger charge is -2.22. The number of nitrogens with zero attached hydrogens (tertiary/aromatic N) is 2. The molecule has 1 heterocycles. The molecule has 0 unspecified atom stereocenters. The predicted molar refractivity (Wildman–Crippen MR) is 71.4 cm³/mol. The average molecular weight is 241 g/mol. The zero-order valence-corrected chi connectivity index (χ0v) is 11.2. The highest BCUT2D eigenvalue weighted by Crippen LogP contribution is 2.17. The van der Waals surface area contributed by atoms with E-state index < -0.39 is 0 Å². The minimum absolute atomic E-state index is 0.562. The van der Waals surface area contributed by atoms with Crippen molar-refractivity contribution in [2.75, 3.05) is 18.0 Å². The molecule has 0 aromatic carbocycles. The SMILES string of the molecule is CCCN(CC)c1cc(CCl)cc(CC)n1. The highest BCUT2D eigenvalue weighted by Gasteiger charge is 2.07. The van der Waals surface area contributed by atoms with Gasteiger partial charge in [0.15, 0.2) is 0 Å². The third kappa shape index (κ3) is 3.38. The first kappa shape index (κ1) is 13.3. The van der Waals surface area contributed by atoms with Gasteiger partial charge in [0, 0.05) is 24.7 Å². The van der Waals surface area contributed by atoms with Crippen LogP contribution in [-0.2, 0) is 12.3 Å². The Morgan fingerprint density at radius 1 is 1.25 bits per heavy atom. The van der Waals surface area contributed by atoms with Crippen molar-refractivity contribution < 1.29 is 0 Å². The zero-order chi connectivity index (χ0) is 12.0. The highest BCUT2D eigenvalue weighted by atomic mass is 35.5. The van der Waals surface area contributed by atoms with Crippen molar-refractivity contribution >= 4 is 17.4 Å². The molecule has 3 heteroatoms. The summed E-state index contributed by atoms with van der Waals surface area (Å²) in [4.78, 5) is 6.96. The lowest BCUT2D eigenvalue weighted by atomic mass is 10.2. The van der Waals surface area contributed by atoms with Gasteiger partial charge in [0.05, 0.1) is 0 Å². The summed E-state index contributed by atoms with van der Waals surface area (Å²) in [6.07, 6.45) is 2.10. The van der Waals surface area contributed by atoms with Crippen LogP contribution in [0.4, 0.5) is 5.82 Å². The zero-order valence-electron chi connectivity index (χ0n) is 10.5. The third-order valence-electron chi connectivity index (χ3n) is 2.64. The van der Waals surface area contributed by atoms with E-state index in [0.717, 1.165) is 43.0 Å². The molecule has 16 heavy (non-hydrogen) atoms. The minimum atomic E-state index is 0.562. The number of anilines is 1. The quantitative estimate of drug-likeness (QED) is 0.706. The number of hydrogen-bond donors (Lipinski definition) is 0. The first-order valence-corrected chi connectivity index (χ1v) is 6.59. The Balaban J connectivity index is 3.00. The Labute approximate surface area is 104 Å². The van der Waals surface area contributed by atoms with E-state index in [1.807, 2.05) is 0 Å². The fourth-order valence-corrected chi connectivity index (χ4v) is 1.91. The molecule has 0 saturated carbocycles. The molecule has 1 rings (SSSR count). The number of pyridine rings is 1. The highest BCUT2D eigenvalue weighted by molar-refractivity contribution is 6.17. The van der Waals surface area contributed by atoms with Crippen LogP contribution in [0.1, 0.15) is 38.4 Å². The van der Waals surface area contributed by atoms with Crippen molar-refractivity contribution in [2.45, 2.75) is 39.5 Å². The van der Waals surface area contributed by atoms with Crippen LogP contribution in [0.2, 0.25) is 0 Å². The monoisotopic (exact) mass is 240 g/mol. The van der Waals surface area contributed by atoms with E-state index in [9.17, 15) is 0 Å². The maximum atomic E-state index is 5.91. The van der Waals surface area contributed by atoms with Gasteiger partial charge in [-0.05, 0) is 37.5 Å². The molecule has 0 fully saturated rings. The molecule has 0 N–H and O–H groups in total. The van der Waals surface area contributed by atoms with Gasteiger partial charge in [0.2, 0.25) is 0 Å². The molecule has 1 aromatic heterocycles. The Bertz CT molecular complexity index is 303. The lowest BCUT2D eigenvalue weighted by molar-refractivity contribution is 0.773. The standard InChI is InChI=1S/C13H21ClN2/c1-4-7-16(6-3)13-9-11(10-14)8-12(5-2)15-13/h8-9H,4-7,10H2,1-3H3. The number of rotatable bonds is 6. The molecule has 0 aliphatic rings. The van der Waals surface area contributed by atoms with E-state index in [1.165, 1.54) is 0 Å². The van der Waals surface area contributed by atoms with Gasteiger partial charge in [0.1, 0.15) is 5.82 Å². The molecule has 0 amide bonds. The summed E-state index contributed by atoms with van der Waals surface area (Å²) in [5, 5.41) is 0. The van der Waals surface area contributed by atoms with Crippen LogP contribution in [0.3, 0.4) is 0 Å². The number of aryl methyl sites for hydroxylation is 1. The van der Waals surface area contributed by atoms with E-state index >= 15 is 0 Å². The van der Waals surface area contributed by atoms with Crippen molar-refractivity contribution in [1.82, 2.24) is 4.98 Å². The van der Waals surface area contributed by atoms with Gasteiger partial charge in [-0.15, -0.1) is 11.6 Å². The predicted octanol–water partition coefficient (Wildman–Crippen LogP) is 3.62. The van der Waals surface area contributed by atoms with Crippen LogP contribution in [0, 0.1) is 0 Å². The van der Waals surface area contributed by atoms with E-state index in [-0.39, 0.29) is 0 Å². The van der Waals surface area contributed by atoms with Crippen molar-refractivity contribution in [3.63, 3.8) is 0 Å². The second-order valence-electron chi connectivity index (χ2n) is 3.89. The summed E-state index contributed by atoms with van der Waals surface area (Å²) in [6.45, 7) is 8.53. The van der Waals surface area contributed by atoms with Crippen molar-refractivity contribution in [2.24, 2.45) is 0 Å². The van der Waals surface area contributed by atoms with Gasteiger partial charge in [-0.25, -0.2) is 4.98 Å². The van der Waals surface area contributed by atoms with Crippen LogP contribution in [0.5, 0.6) is 0 Å². The Kier molecular flexibility index (Phi) is 5.61. The molecule has 90 valence electrons. The molecule has 0 aliphatic heterocycles. The van der Waals surface area contributed by atoms with Gasteiger partial charge in [-0.2, -0.15) is 0 Å². The summed E-state index contributed by atoms with van der Waals surface area (Å²) < 4.78 is 0. The summed E-state index contributed by atoms with van der Waals surface area (Å²) in [7, 11) is 0. The smallest absolute Gasteiger partial charge is 0.129 e. The molecule has 0 spiro atoms. The maximum absolute atomic E-state index is 5.91. The fraction of sp³-hybridized carbons (Fsp3) is 0.615. The average Bonchev–Trinajstić information content (AvgIpc) is 2.35. The first-order valence-electron chi connectivity index (χ1n) is 6.05. The molecular weight excluding hydrogens is 220 g/mol. The lowest BCUT2D eigenvalue weighted by Crippen LogP contribution is -2.24. The van der Waals surface area contributed by atoms with E-state index in [1.54, 1.807) is 0 Å². The maximum Gasteiger partial charge on any atom is 0.129 e. The van der Waals surface area contributed by atoms with Gasteiger partial charge >= 0.3 is 0 Å². The molecule has 1 aromatic rings. The number of aromatic nitrogens is 1. The summed E-state index contributed by atoms with van der Waals surface area (Å²) >= 11 is 5.91. The normalized spacial score (nSPS) is 10.5. The second-order valence-corrected chi connectivity index (χ2v) is 4.16. The largest absolute Gasteiger partial charge is 0.357 e. The molecule has 0 bridgehead atoms. The van der Waals surface area contributed by atoms with Crippen molar-refractivity contribution in [1.29, 1.82) is 0 Å². The second kappa shape index (κ2) is 6.74. The molecular formula is C13H21ClN2. The van der Waals surface area contributed by atoms with Crippen LogP contribution in [0.15, 0.2) is 12.1 Å². The number of halogens is 1. The summed E-state index contributed by atoms with van der Waals surface area (Å²) in [5.74, 6) is 1.63. The molecule has 0 aliphatic carbocycles. The van der Waals surface area contributed by atoms with Gasteiger partial charge in [-0.3, -0.25) is 0 Å². The van der Waals surface area contributed by atoms with Gasteiger partial charge in [0.25, 0.3) is 0 Å². The fourth-order valence-electron chi connectivity index (χ4n) is 1.76. The molecule has 0 radical (unpaired) electrons. The van der Waals surface area contributed by atoms with Crippen LogP contribution in [0.25, 0.3) is 0 Å². The molecule has 0 atom stereocenters. The van der Waals surface area contributed by atoms with Crippen molar-refractivity contribution in [3.05, 3.63) is 23.4 Å². The third-order valence-corrected chi connectivity index (χ3v) is 2.95. The van der Waals surface area contributed by atoms with Gasteiger partial charge in [-0.1, -0.05) is 13.8 Å². The number of alkyl halides is 1. The van der Waals surface area contributed by atoms with E-state index in [4.69, 9.17) is 11.6 Å². The Morgan fingerprint density at radius 3 is 2.50 bits per heavy atom. The van der Waals surface area contributed by atoms with Gasteiger partial charge < -0.3 is 4.90 Å². The minimum Gasteiger partial charge on any atom is -0.357 e.